The molecule has 3 rings (SSSR count). The topological polar surface area (TPSA) is 93.5 Å². The molecule has 25 heavy (non-hydrogen) atoms. The SMILES string of the molecule is CC1=CC(C(=O)NCc2cccc([N+](=O)[O-])c2)(c2ccccc2)NO1. The normalized spacial score (nSPS) is 19.0. The highest BCUT2D eigenvalue weighted by Crippen LogP contribution is 2.29. The molecule has 1 aliphatic rings. The molecule has 2 aromatic rings. The molecule has 1 amide bonds. The molecule has 7 heteroatoms. The summed E-state index contributed by atoms with van der Waals surface area (Å²) in [5.41, 5.74) is 3.03. The number of nitrogens with zero attached hydrogens (tertiary/aromatic N) is 1. The first kappa shape index (κ1) is 16.7. The van der Waals surface area contributed by atoms with Gasteiger partial charge in [0.2, 0.25) is 0 Å². The summed E-state index contributed by atoms with van der Waals surface area (Å²) in [4.78, 5) is 28.6. The molecule has 1 heterocycles. The summed E-state index contributed by atoms with van der Waals surface area (Å²) in [6.45, 7) is 1.93. The molecule has 0 aromatic heterocycles. The van der Waals surface area contributed by atoms with Gasteiger partial charge in [-0.25, -0.2) is 0 Å². The molecule has 0 bridgehead atoms. The van der Waals surface area contributed by atoms with E-state index in [0.717, 1.165) is 5.56 Å². The van der Waals surface area contributed by atoms with Gasteiger partial charge in [-0.3, -0.25) is 14.9 Å². The van der Waals surface area contributed by atoms with E-state index in [9.17, 15) is 14.9 Å². The first-order valence-electron chi connectivity index (χ1n) is 7.72. The van der Waals surface area contributed by atoms with E-state index >= 15 is 0 Å². The van der Waals surface area contributed by atoms with E-state index in [0.29, 0.717) is 11.3 Å². The fraction of sp³-hybridized carbons (Fsp3) is 0.167. The molecule has 0 saturated carbocycles. The molecular formula is C18H17N3O4. The van der Waals surface area contributed by atoms with Crippen LogP contribution in [0.2, 0.25) is 0 Å². The number of allylic oxidation sites excluding steroid dienone is 1. The summed E-state index contributed by atoms with van der Waals surface area (Å²) in [6.07, 6.45) is 1.71. The largest absolute Gasteiger partial charge is 0.412 e. The maximum atomic E-state index is 12.9. The van der Waals surface area contributed by atoms with Gasteiger partial charge < -0.3 is 10.2 Å². The fourth-order valence-corrected chi connectivity index (χ4v) is 2.71. The van der Waals surface area contributed by atoms with Gasteiger partial charge in [0.25, 0.3) is 11.6 Å². The Balaban J connectivity index is 1.81. The van der Waals surface area contributed by atoms with Crippen molar-refractivity contribution in [2.75, 3.05) is 0 Å². The van der Waals surface area contributed by atoms with Crippen molar-refractivity contribution < 1.29 is 14.6 Å². The van der Waals surface area contributed by atoms with E-state index in [1.807, 2.05) is 30.3 Å². The van der Waals surface area contributed by atoms with E-state index < -0.39 is 10.5 Å². The zero-order chi connectivity index (χ0) is 17.9. The molecule has 0 aliphatic carbocycles. The van der Waals surface area contributed by atoms with Crippen LogP contribution >= 0.6 is 0 Å². The van der Waals surface area contributed by atoms with Gasteiger partial charge >= 0.3 is 0 Å². The predicted octanol–water partition coefficient (Wildman–Crippen LogP) is 2.55. The van der Waals surface area contributed by atoms with Crippen LogP contribution in [0.4, 0.5) is 5.69 Å². The van der Waals surface area contributed by atoms with E-state index in [2.05, 4.69) is 10.8 Å². The minimum Gasteiger partial charge on any atom is -0.412 e. The summed E-state index contributed by atoms with van der Waals surface area (Å²) >= 11 is 0. The maximum absolute atomic E-state index is 12.9. The van der Waals surface area contributed by atoms with Crippen LogP contribution in [-0.4, -0.2) is 10.8 Å². The van der Waals surface area contributed by atoms with Gasteiger partial charge in [-0.15, -0.1) is 5.48 Å². The zero-order valence-corrected chi connectivity index (χ0v) is 13.6. The van der Waals surface area contributed by atoms with Crippen LogP contribution in [0.15, 0.2) is 66.4 Å². The van der Waals surface area contributed by atoms with Gasteiger partial charge in [0.15, 0.2) is 5.54 Å². The Hall–Kier alpha value is -3.19. The van der Waals surface area contributed by atoms with Gasteiger partial charge in [-0.2, -0.15) is 0 Å². The summed E-state index contributed by atoms with van der Waals surface area (Å²) in [7, 11) is 0. The number of rotatable bonds is 5. The summed E-state index contributed by atoms with van der Waals surface area (Å²) in [6, 6.07) is 15.4. The number of hydroxylamine groups is 1. The van der Waals surface area contributed by atoms with Gasteiger partial charge in [-0.1, -0.05) is 42.5 Å². The average molecular weight is 339 g/mol. The molecule has 1 unspecified atom stereocenters. The van der Waals surface area contributed by atoms with Crippen LogP contribution in [0.1, 0.15) is 18.1 Å². The van der Waals surface area contributed by atoms with Crippen LogP contribution in [0.5, 0.6) is 0 Å². The molecule has 1 aliphatic heterocycles. The van der Waals surface area contributed by atoms with Crippen LogP contribution in [-0.2, 0) is 21.7 Å². The summed E-state index contributed by atoms with van der Waals surface area (Å²) < 4.78 is 0. The lowest BCUT2D eigenvalue weighted by molar-refractivity contribution is -0.384. The van der Waals surface area contributed by atoms with Crippen LogP contribution in [0.3, 0.4) is 0 Å². The minimum atomic E-state index is -1.13. The predicted molar refractivity (Wildman–Crippen MR) is 91.0 cm³/mol. The number of nitro groups is 1. The number of hydrogen-bond donors (Lipinski definition) is 2. The number of hydrogen-bond acceptors (Lipinski definition) is 5. The number of nitrogens with one attached hydrogen (secondary N) is 2. The van der Waals surface area contributed by atoms with Crippen LogP contribution in [0, 0.1) is 10.1 Å². The standard InChI is InChI=1S/C18H17N3O4/c1-13-11-18(20-25-13,15-7-3-2-4-8-15)17(22)19-12-14-6-5-9-16(10-14)21(23)24/h2-11,20H,12H2,1H3,(H,19,22). The minimum absolute atomic E-state index is 0.0115. The summed E-state index contributed by atoms with van der Waals surface area (Å²) in [5.74, 6) is 0.288. The molecule has 0 radical (unpaired) electrons. The quantitative estimate of drug-likeness (QED) is 0.645. The number of nitro benzene ring substituents is 1. The molecular weight excluding hydrogens is 322 g/mol. The Bertz CT molecular complexity index is 835. The third kappa shape index (κ3) is 3.36. The maximum Gasteiger partial charge on any atom is 0.269 e. The lowest BCUT2D eigenvalue weighted by Crippen LogP contribution is -2.50. The zero-order valence-electron chi connectivity index (χ0n) is 13.6. The van der Waals surface area contributed by atoms with E-state index in [1.165, 1.54) is 12.1 Å². The van der Waals surface area contributed by atoms with Gasteiger partial charge in [0.1, 0.15) is 5.76 Å². The van der Waals surface area contributed by atoms with Crippen molar-refractivity contribution in [1.29, 1.82) is 0 Å². The molecule has 1 atom stereocenters. The summed E-state index contributed by atoms with van der Waals surface area (Å²) in [5, 5.41) is 13.7. The van der Waals surface area contributed by atoms with Crippen molar-refractivity contribution in [3.8, 4) is 0 Å². The fourth-order valence-electron chi connectivity index (χ4n) is 2.71. The lowest BCUT2D eigenvalue weighted by atomic mass is 9.89. The van der Waals surface area contributed by atoms with Gasteiger partial charge in [0.05, 0.1) is 4.92 Å². The van der Waals surface area contributed by atoms with E-state index in [1.54, 1.807) is 25.1 Å². The number of carbonyl (C=O) groups excluding carboxylic acids is 1. The van der Waals surface area contributed by atoms with Gasteiger partial charge in [0, 0.05) is 18.7 Å². The third-order valence-electron chi connectivity index (χ3n) is 3.95. The van der Waals surface area contributed by atoms with E-state index in [-0.39, 0.29) is 18.1 Å². The molecule has 2 aromatic carbocycles. The first-order chi connectivity index (χ1) is 12.0. The second-order valence-electron chi connectivity index (χ2n) is 5.74. The third-order valence-corrected chi connectivity index (χ3v) is 3.95. The van der Waals surface area contributed by atoms with Crippen molar-refractivity contribution >= 4 is 11.6 Å². The Kier molecular flexibility index (Phi) is 4.49. The van der Waals surface area contributed by atoms with Crippen molar-refractivity contribution in [3.05, 3.63) is 87.7 Å². The Labute approximate surface area is 144 Å². The second-order valence-corrected chi connectivity index (χ2v) is 5.74. The second kappa shape index (κ2) is 6.74. The highest BCUT2D eigenvalue weighted by molar-refractivity contribution is 5.90. The highest BCUT2D eigenvalue weighted by atomic mass is 16.7. The number of amides is 1. The van der Waals surface area contributed by atoms with Crippen molar-refractivity contribution in [1.82, 2.24) is 10.8 Å². The number of benzene rings is 2. The lowest BCUT2D eigenvalue weighted by Gasteiger charge is -2.25. The number of non-ortho nitro benzene ring substituents is 1. The Morgan fingerprint density at radius 1 is 1.24 bits per heavy atom. The molecule has 128 valence electrons. The highest BCUT2D eigenvalue weighted by Gasteiger charge is 2.43. The van der Waals surface area contributed by atoms with Gasteiger partial charge in [-0.05, 0) is 24.1 Å². The van der Waals surface area contributed by atoms with Crippen LogP contribution in [0.25, 0.3) is 0 Å². The Morgan fingerprint density at radius 2 is 2.00 bits per heavy atom. The average Bonchev–Trinajstić information content (AvgIpc) is 3.04. The first-order valence-corrected chi connectivity index (χ1v) is 7.72. The van der Waals surface area contributed by atoms with Crippen molar-refractivity contribution in [2.45, 2.75) is 19.0 Å². The smallest absolute Gasteiger partial charge is 0.269 e. The number of carbonyl (C=O) groups is 1. The Morgan fingerprint density at radius 3 is 2.64 bits per heavy atom. The van der Waals surface area contributed by atoms with Crippen molar-refractivity contribution in [2.24, 2.45) is 0 Å². The van der Waals surface area contributed by atoms with Crippen molar-refractivity contribution in [3.63, 3.8) is 0 Å². The van der Waals surface area contributed by atoms with Crippen LogP contribution < -0.4 is 10.8 Å². The molecule has 7 nitrogen and oxygen atoms in total. The molecule has 0 saturated heterocycles. The van der Waals surface area contributed by atoms with E-state index in [4.69, 9.17) is 4.84 Å². The monoisotopic (exact) mass is 339 g/mol. The molecule has 0 spiro atoms. The molecule has 2 N–H and O–H groups in total. The molecule has 0 fully saturated rings.